The van der Waals surface area contributed by atoms with Gasteiger partial charge in [0, 0.05) is 10.8 Å². The number of thioether (sulfide) groups is 1. The van der Waals surface area contributed by atoms with Crippen molar-refractivity contribution in [3.8, 4) is 0 Å². The monoisotopic (exact) mass is 303 g/mol. The van der Waals surface area contributed by atoms with Gasteiger partial charge in [-0.25, -0.2) is 4.79 Å². The molecule has 1 heterocycles. The summed E-state index contributed by atoms with van der Waals surface area (Å²) in [6, 6.07) is -0.381. The van der Waals surface area contributed by atoms with Gasteiger partial charge in [0.2, 0.25) is 5.13 Å². The van der Waals surface area contributed by atoms with E-state index in [-0.39, 0.29) is 11.6 Å². The van der Waals surface area contributed by atoms with Crippen LogP contribution in [-0.4, -0.2) is 33.0 Å². The van der Waals surface area contributed by atoms with Crippen LogP contribution >= 0.6 is 23.1 Å². The van der Waals surface area contributed by atoms with Crippen molar-refractivity contribution in [1.82, 2.24) is 15.5 Å². The Bertz CT molecular complexity index is 470. The number of aliphatic carboxylic acids is 1. The highest BCUT2D eigenvalue weighted by Crippen LogP contribution is 2.28. The zero-order valence-electron chi connectivity index (χ0n) is 11.0. The summed E-state index contributed by atoms with van der Waals surface area (Å²) in [4.78, 5) is 22.2. The highest BCUT2D eigenvalue weighted by Gasteiger charge is 2.16. The van der Waals surface area contributed by atoms with Crippen molar-refractivity contribution in [3.05, 3.63) is 0 Å². The van der Waals surface area contributed by atoms with E-state index in [0.717, 1.165) is 23.1 Å². The van der Waals surface area contributed by atoms with Crippen LogP contribution in [0.15, 0.2) is 4.34 Å². The maximum Gasteiger partial charge on any atom is 0.321 e. The Morgan fingerprint density at radius 1 is 1.37 bits per heavy atom. The number of nitrogens with zero attached hydrogens (tertiary/aromatic N) is 2. The van der Waals surface area contributed by atoms with Gasteiger partial charge in [0.05, 0.1) is 5.97 Å². The van der Waals surface area contributed by atoms with Gasteiger partial charge in [0.25, 0.3) is 0 Å². The molecule has 0 saturated heterocycles. The van der Waals surface area contributed by atoms with Crippen LogP contribution in [0, 0.1) is 0 Å². The number of carboxylic acids is 1. The van der Waals surface area contributed by atoms with Crippen LogP contribution in [0.4, 0.5) is 9.93 Å². The Hall–Kier alpha value is -1.35. The molecule has 1 rings (SSSR count). The number of urea groups is 1. The molecule has 0 aliphatic heterocycles. The third-order valence-electron chi connectivity index (χ3n) is 1.72. The van der Waals surface area contributed by atoms with Crippen molar-refractivity contribution in [2.45, 2.75) is 42.8 Å². The fourth-order valence-corrected chi connectivity index (χ4v) is 2.80. The fourth-order valence-electron chi connectivity index (χ4n) is 0.976. The van der Waals surface area contributed by atoms with Gasteiger partial charge >= 0.3 is 6.03 Å². The lowest BCUT2D eigenvalue weighted by molar-refractivity contribution is -0.304. The summed E-state index contributed by atoms with van der Waals surface area (Å²) < 4.78 is 0.461. The summed E-state index contributed by atoms with van der Waals surface area (Å²) in [7, 11) is 0. The normalized spacial score (nSPS) is 12.8. The summed E-state index contributed by atoms with van der Waals surface area (Å²) in [6.07, 6.45) is 0. The minimum Gasteiger partial charge on any atom is -0.549 e. The van der Waals surface area contributed by atoms with E-state index in [2.05, 4.69) is 20.8 Å². The largest absolute Gasteiger partial charge is 0.549 e. The lowest BCUT2D eigenvalue weighted by atomic mass is 10.1. The maximum absolute atomic E-state index is 11.6. The first-order valence-electron chi connectivity index (χ1n) is 5.47. The zero-order chi connectivity index (χ0) is 14.6. The molecule has 0 saturated carbocycles. The average Bonchev–Trinajstić information content (AvgIpc) is 2.61. The van der Waals surface area contributed by atoms with Gasteiger partial charge < -0.3 is 15.2 Å². The van der Waals surface area contributed by atoms with Gasteiger partial charge in [-0.05, 0) is 27.7 Å². The van der Waals surface area contributed by atoms with Gasteiger partial charge in [-0.1, -0.05) is 23.1 Å². The molecule has 0 spiro atoms. The Morgan fingerprint density at radius 2 is 2.00 bits per heavy atom. The number of aromatic nitrogens is 2. The molecular weight excluding hydrogens is 288 g/mol. The van der Waals surface area contributed by atoms with Gasteiger partial charge in [-0.2, -0.15) is 0 Å². The third-order valence-corrected chi connectivity index (χ3v) is 3.73. The van der Waals surface area contributed by atoms with Crippen molar-refractivity contribution in [1.29, 1.82) is 0 Å². The highest BCUT2D eigenvalue weighted by atomic mass is 32.2. The quantitative estimate of drug-likeness (QED) is 0.626. The first kappa shape index (κ1) is 15.7. The number of nitrogens with one attached hydrogen (secondary N) is 2. The number of amides is 2. The molecule has 0 aliphatic rings. The van der Waals surface area contributed by atoms with Gasteiger partial charge in [-0.3, -0.25) is 5.32 Å². The maximum atomic E-state index is 11.6. The molecule has 106 valence electrons. The van der Waals surface area contributed by atoms with Crippen LogP contribution in [-0.2, 0) is 4.79 Å². The Balaban J connectivity index is 2.56. The van der Waals surface area contributed by atoms with E-state index in [9.17, 15) is 14.7 Å². The Labute approximate surface area is 119 Å². The van der Waals surface area contributed by atoms with Crippen molar-refractivity contribution in [3.63, 3.8) is 0 Å². The Kier molecular flexibility index (Phi) is 5.12. The van der Waals surface area contributed by atoms with Crippen molar-refractivity contribution in [2.24, 2.45) is 0 Å². The van der Waals surface area contributed by atoms with E-state index in [0.29, 0.717) is 9.47 Å². The average molecular weight is 303 g/mol. The topological polar surface area (TPSA) is 107 Å². The second-order valence-electron chi connectivity index (χ2n) is 4.78. The van der Waals surface area contributed by atoms with E-state index in [4.69, 9.17) is 0 Å². The molecule has 9 heteroatoms. The number of hydrogen-bond acceptors (Lipinski definition) is 7. The number of carbonyl (C=O) groups is 2. The predicted molar refractivity (Wildman–Crippen MR) is 72.1 cm³/mol. The van der Waals surface area contributed by atoms with Crippen LogP contribution in [0.2, 0.25) is 0 Å². The molecule has 1 atom stereocenters. The molecule has 2 amide bonds. The summed E-state index contributed by atoms with van der Waals surface area (Å²) in [5.74, 6) is -1.17. The zero-order valence-corrected chi connectivity index (χ0v) is 12.6. The molecule has 2 N–H and O–H groups in total. The molecule has 0 unspecified atom stereocenters. The number of anilines is 1. The molecule has 1 aromatic rings. The Morgan fingerprint density at radius 3 is 2.53 bits per heavy atom. The molecular formula is C10H15N4O3S2-. The lowest BCUT2D eigenvalue weighted by Gasteiger charge is -2.19. The van der Waals surface area contributed by atoms with Crippen LogP contribution in [0.1, 0.15) is 27.7 Å². The van der Waals surface area contributed by atoms with Crippen molar-refractivity contribution in [2.75, 3.05) is 5.32 Å². The van der Waals surface area contributed by atoms with Crippen molar-refractivity contribution >= 4 is 40.2 Å². The number of carbonyl (C=O) groups excluding carboxylic acids is 2. The SMILES string of the molecule is C[C@H](Sc1nnc(NC(=O)NC(C)(C)C)s1)C(=O)[O-]. The van der Waals surface area contributed by atoms with Gasteiger partial charge in [0.1, 0.15) is 0 Å². The van der Waals surface area contributed by atoms with E-state index in [1.807, 2.05) is 20.8 Å². The summed E-state index contributed by atoms with van der Waals surface area (Å²) in [6.45, 7) is 7.07. The second kappa shape index (κ2) is 6.20. The van der Waals surface area contributed by atoms with E-state index >= 15 is 0 Å². The highest BCUT2D eigenvalue weighted by molar-refractivity contribution is 8.02. The molecule has 0 fully saturated rings. The summed E-state index contributed by atoms with van der Waals surface area (Å²) in [5, 5.41) is 23.0. The van der Waals surface area contributed by atoms with E-state index < -0.39 is 11.2 Å². The molecule has 19 heavy (non-hydrogen) atoms. The van der Waals surface area contributed by atoms with Gasteiger partial charge in [0.15, 0.2) is 4.34 Å². The van der Waals surface area contributed by atoms with E-state index in [1.54, 1.807) is 0 Å². The fraction of sp³-hybridized carbons (Fsp3) is 0.600. The lowest BCUT2D eigenvalue weighted by Crippen LogP contribution is -2.43. The molecule has 0 radical (unpaired) electrons. The summed E-state index contributed by atoms with van der Waals surface area (Å²) in [5.41, 5.74) is -0.351. The smallest absolute Gasteiger partial charge is 0.321 e. The molecule has 7 nitrogen and oxygen atoms in total. The van der Waals surface area contributed by atoms with Crippen LogP contribution in [0.3, 0.4) is 0 Å². The minimum absolute atomic E-state index is 0.315. The first-order chi connectivity index (χ1) is 8.67. The van der Waals surface area contributed by atoms with Crippen LogP contribution < -0.4 is 15.7 Å². The first-order valence-corrected chi connectivity index (χ1v) is 7.17. The molecule has 0 bridgehead atoms. The van der Waals surface area contributed by atoms with Crippen LogP contribution in [0.5, 0.6) is 0 Å². The molecule has 0 aromatic carbocycles. The van der Waals surface area contributed by atoms with E-state index in [1.165, 1.54) is 6.92 Å². The summed E-state index contributed by atoms with van der Waals surface area (Å²) >= 11 is 2.13. The van der Waals surface area contributed by atoms with Crippen molar-refractivity contribution < 1.29 is 14.7 Å². The predicted octanol–water partition coefficient (Wildman–Crippen LogP) is 0.689. The molecule has 0 aliphatic carbocycles. The van der Waals surface area contributed by atoms with Crippen LogP contribution in [0.25, 0.3) is 0 Å². The minimum atomic E-state index is -1.17. The standard InChI is InChI=1S/C10H16N4O3S2/c1-5(6(15)16)18-9-14-13-8(19-9)11-7(17)12-10(2,3)4/h5H,1-4H3,(H,15,16)(H2,11,12,13,17)/p-1/t5-/m0/s1. The third kappa shape index (κ3) is 5.88. The van der Waals surface area contributed by atoms with Gasteiger partial charge in [-0.15, -0.1) is 10.2 Å². The number of rotatable bonds is 4. The second-order valence-corrected chi connectivity index (χ2v) is 7.35. The number of hydrogen-bond donors (Lipinski definition) is 2. The molecule has 1 aromatic heterocycles. The number of carboxylic acid groups (broad SMARTS) is 1.